The van der Waals surface area contributed by atoms with Gasteiger partial charge in [-0.2, -0.15) is 0 Å². The van der Waals surface area contributed by atoms with Gasteiger partial charge < -0.3 is 14.7 Å². The van der Waals surface area contributed by atoms with E-state index in [1.807, 2.05) is 9.80 Å². The van der Waals surface area contributed by atoms with Crippen molar-refractivity contribution in [2.24, 2.45) is 5.92 Å². The molecule has 0 radical (unpaired) electrons. The predicted molar refractivity (Wildman–Crippen MR) is 115 cm³/mol. The third-order valence-electron chi connectivity index (χ3n) is 6.14. The van der Waals surface area contributed by atoms with Crippen molar-refractivity contribution in [3.63, 3.8) is 0 Å². The van der Waals surface area contributed by atoms with Gasteiger partial charge in [-0.05, 0) is 43.2 Å². The highest BCUT2D eigenvalue weighted by Crippen LogP contribution is 2.23. The molecule has 1 atom stereocenters. The van der Waals surface area contributed by atoms with Gasteiger partial charge in [0.1, 0.15) is 5.82 Å². The summed E-state index contributed by atoms with van der Waals surface area (Å²) in [5.41, 5.74) is 3.41. The number of nitrogens with zero attached hydrogens (tertiary/aromatic N) is 3. The van der Waals surface area contributed by atoms with Gasteiger partial charge in [-0.3, -0.25) is 9.59 Å². The minimum Gasteiger partial charge on any atom is -0.368 e. The number of piperazine rings is 1. The van der Waals surface area contributed by atoms with Crippen molar-refractivity contribution in [2.75, 3.05) is 44.2 Å². The molecular formula is C24H28FN3O2. The molecule has 2 saturated heterocycles. The summed E-state index contributed by atoms with van der Waals surface area (Å²) in [6.45, 7) is 5.92. The summed E-state index contributed by atoms with van der Waals surface area (Å²) in [5.74, 6) is -0.330. The Hall–Kier alpha value is -2.89. The number of hydrogen-bond acceptors (Lipinski definition) is 3. The molecule has 0 aromatic heterocycles. The van der Waals surface area contributed by atoms with E-state index in [1.165, 1.54) is 23.3 Å². The highest BCUT2D eigenvalue weighted by molar-refractivity contribution is 5.89. The number of anilines is 1. The zero-order valence-corrected chi connectivity index (χ0v) is 17.4. The van der Waals surface area contributed by atoms with Crippen molar-refractivity contribution in [2.45, 2.75) is 19.8 Å². The number of benzene rings is 2. The molecule has 2 fully saturated rings. The minimum absolute atomic E-state index is 0.0745. The number of amides is 2. The van der Waals surface area contributed by atoms with Crippen LogP contribution in [-0.2, 0) is 16.0 Å². The average Bonchev–Trinajstić information content (AvgIpc) is 3.14. The fourth-order valence-corrected chi connectivity index (χ4v) is 4.27. The molecule has 5 nitrogen and oxygen atoms in total. The number of rotatable bonds is 5. The number of aryl methyl sites for hydroxylation is 1. The monoisotopic (exact) mass is 409 g/mol. The molecule has 158 valence electrons. The van der Waals surface area contributed by atoms with E-state index in [0.29, 0.717) is 32.6 Å². The van der Waals surface area contributed by atoms with Crippen LogP contribution in [0.15, 0.2) is 48.5 Å². The van der Waals surface area contributed by atoms with E-state index >= 15 is 0 Å². The van der Waals surface area contributed by atoms with Crippen LogP contribution < -0.4 is 4.90 Å². The van der Waals surface area contributed by atoms with E-state index < -0.39 is 0 Å². The minimum atomic E-state index is -0.245. The largest absolute Gasteiger partial charge is 0.368 e. The van der Waals surface area contributed by atoms with Crippen LogP contribution in [0.5, 0.6) is 0 Å². The summed E-state index contributed by atoms with van der Waals surface area (Å²) in [7, 11) is 0. The number of hydrogen-bond donors (Lipinski definition) is 0. The molecular weight excluding hydrogens is 381 g/mol. The molecule has 2 aromatic carbocycles. The van der Waals surface area contributed by atoms with Crippen LogP contribution in [0.25, 0.3) is 0 Å². The van der Waals surface area contributed by atoms with Crippen LogP contribution in [0.2, 0.25) is 0 Å². The Bertz CT molecular complexity index is 890. The smallest absolute Gasteiger partial charge is 0.228 e. The van der Waals surface area contributed by atoms with Crippen LogP contribution in [0.3, 0.4) is 0 Å². The molecule has 0 spiro atoms. The molecule has 0 N–H and O–H groups in total. The van der Waals surface area contributed by atoms with E-state index in [0.717, 1.165) is 25.2 Å². The first-order valence-electron chi connectivity index (χ1n) is 10.6. The van der Waals surface area contributed by atoms with Crippen molar-refractivity contribution < 1.29 is 14.0 Å². The lowest BCUT2D eigenvalue weighted by atomic mass is 10.1. The van der Waals surface area contributed by atoms with E-state index in [4.69, 9.17) is 0 Å². The van der Waals surface area contributed by atoms with Gasteiger partial charge in [0.15, 0.2) is 0 Å². The molecule has 2 aromatic rings. The van der Waals surface area contributed by atoms with Crippen LogP contribution >= 0.6 is 0 Å². The normalized spacial score (nSPS) is 19.5. The van der Waals surface area contributed by atoms with Crippen molar-refractivity contribution in [3.8, 4) is 0 Å². The third kappa shape index (κ3) is 4.64. The van der Waals surface area contributed by atoms with Gasteiger partial charge in [0.25, 0.3) is 0 Å². The Kier molecular flexibility index (Phi) is 6.02. The van der Waals surface area contributed by atoms with Crippen molar-refractivity contribution in [1.29, 1.82) is 0 Å². The lowest BCUT2D eigenvalue weighted by Gasteiger charge is -2.37. The predicted octanol–water partition coefficient (Wildman–Crippen LogP) is 2.87. The van der Waals surface area contributed by atoms with Crippen LogP contribution in [-0.4, -0.2) is 60.9 Å². The number of likely N-dealkylation sites (tertiary alicyclic amines) is 1. The highest BCUT2D eigenvalue weighted by atomic mass is 19.1. The molecule has 0 bridgehead atoms. The maximum absolute atomic E-state index is 13.1. The van der Waals surface area contributed by atoms with E-state index in [1.54, 1.807) is 12.1 Å². The fourth-order valence-electron chi connectivity index (χ4n) is 4.27. The summed E-state index contributed by atoms with van der Waals surface area (Å²) in [6.07, 6.45) is 1.12. The molecule has 4 rings (SSSR count). The van der Waals surface area contributed by atoms with Gasteiger partial charge in [0.2, 0.25) is 11.8 Å². The fraction of sp³-hybridized carbons (Fsp3) is 0.417. The molecule has 2 amide bonds. The molecule has 2 aliphatic heterocycles. The molecule has 6 heteroatoms. The second-order valence-corrected chi connectivity index (χ2v) is 8.27. The second kappa shape index (κ2) is 8.86. The van der Waals surface area contributed by atoms with E-state index in [2.05, 4.69) is 36.1 Å². The zero-order chi connectivity index (χ0) is 21.1. The first kappa shape index (κ1) is 20.4. The molecule has 0 aliphatic carbocycles. The molecule has 2 aliphatic rings. The van der Waals surface area contributed by atoms with Gasteiger partial charge in [-0.15, -0.1) is 0 Å². The molecule has 30 heavy (non-hydrogen) atoms. The van der Waals surface area contributed by atoms with Gasteiger partial charge in [0, 0.05) is 51.4 Å². The molecule has 0 saturated carbocycles. The number of carbonyl (C=O) groups is 2. The highest BCUT2D eigenvalue weighted by Gasteiger charge is 2.37. The summed E-state index contributed by atoms with van der Waals surface area (Å²) in [6, 6.07) is 14.8. The van der Waals surface area contributed by atoms with Crippen LogP contribution in [0.4, 0.5) is 10.1 Å². The van der Waals surface area contributed by atoms with Crippen LogP contribution in [0, 0.1) is 18.7 Å². The Labute approximate surface area is 177 Å². The maximum atomic E-state index is 13.1. The Morgan fingerprint density at radius 3 is 2.33 bits per heavy atom. The third-order valence-corrected chi connectivity index (χ3v) is 6.14. The zero-order valence-electron chi connectivity index (χ0n) is 17.4. The summed E-state index contributed by atoms with van der Waals surface area (Å²) < 4.78 is 13.1. The Morgan fingerprint density at radius 2 is 1.67 bits per heavy atom. The van der Waals surface area contributed by atoms with E-state index in [-0.39, 0.29) is 23.5 Å². The maximum Gasteiger partial charge on any atom is 0.228 e. The summed E-state index contributed by atoms with van der Waals surface area (Å²) in [5, 5.41) is 0. The summed E-state index contributed by atoms with van der Waals surface area (Å²) in [4.78, 5) is 31.3. The Morgan fingerprint density at radius 1 is 1.00 bits per heavy atom. The lowest BCUT2D eigenvalue weighted by Crippen LogP contribution is -2.50. The van der Waals surface area contributed by atoms with Gasteiger partial charge in [-0.25, -0.2) is 4.39 Å². The van der Waals surface area contributed by atoms with Crippen molar-refractivity contribution in [1.82, 2.24) is 9.80 Å². The van der Waals surface area contributed by atoms with Gasteiger partial charge in [0.05, 0.1) is 5.92 Å². The average molecular weight is 410 g/mol. The van der Waals surface area contributed by atoms with Gasteiger partial charge in [-0.1, -0.05) is 29.8 Å². The standard InChI is InChI=1S/C24H28FN3O2/c1-18-2-4-19(5-3-18)10-11-28-17-20(16-23(28)29)24(30)27-14-12-26(13-15-27)22-8-6-21(25)7-9-22/h2-9,20H,10-17H2,1H3/t20-/m0/s1. The van der Waals surface area contributed by atoms with Crippen molar-refractivity contribution >= 4 is 17.5 Å². The Balaban J connectivity index is 1.27. The quantitative estimate of drug-likeness (QED) is 0.763. The van der Waals surface area contributed by atoms with E-state index in [9.17, 15) is 14.0 Å². The molecule has 0 unspecified atom stereocenters. The summed E-state index contributed by atoms with van der Waals surface area (Å²) >= 11 is 0. The number of carbonyl (C=O) groups excluding carboxylic acids is 2. The molecule has 2 heterocycles. The SMILES string of the molecule is Cc1ccc(CCN2C[C@@H](C(=O)N3CCN(c4ccc(F)cc4)CC3)CC2=O)cc1. The topological polar surface area (TPSA) is 43.9 Å². The first-order chi connectivity index (χ1) is 14.5. The number of halogens is 1. The second-order valence-electron chi connectivity index (χ2n) is 8.27. The van der Waals surface area contributed by atoms with Crippen LogP contribution in [0.1, 0.15) is 17.5 Å². The van der Waals surface area contributed by atoms with Gasteiger partial charge >= 0.3 is 0 Å². The van der Waals surface area contributed by atoms with Crippen molar-refractivity contribution in [3.05, 3.63) is 65.5 Å². The first-order valence-corrected chi connectivity index (χ1v) is 10.6. The lowest BCUT2D eigenvalue weighted by molar-refractivity contribution is -0.136.